The second-order valence-electron chi connectivity index (χ2n) is 4.69. The van der Waals surface area contributed by atoms with Crippen molar-refractivity contribution in [2.45, 2.75) is 13.8 Å². The monoisotopic (exact) mass is 304 g/mol. The molecular formula is C17H14Cl2O. The Hall–Kier alpha value is -1.57. The quantitative estimate of drug-likeness (QED) is 0.540. The van der Waals surface area contributed by atoms with Crippen molar-refractivity contribution >= 4 is 35.1 Å². The maximum atomic E-state index is 12.2. The highest BCUT2D eigenvalue weighted by Gasteiger charge is 2.05. The number of hydrogen-bond donors (Lipinski definition) is 0. The van der Waals surface area contributed by atoms with Gasteiger partial charge >= 0.3 is 0 Å². The number of ketones is 1. The fourth-order valence-corrected chi connectivity index (χ4v) is 2.27. The van der Waals surface area contributed by atoms with E-state index in [0.29, 0.717) is 15.6 Å². The summed E-state index contributed by atoms with van der Waals surface area (Å²) >= 11 is 11.8. The highest BCUT2D eigenvalue weighted by molar-refractivity contribution is 6.42. The molecule has 0 unspecified atom stereocenters. The van der Waals surface area contributed by atoms with Crippen molar-refractivity contribution < 1.29 is 4.79 Å². The summed E-state index contributed by atoms with van der Waals surface area (Å²) in [5, 5.41) is 0.984. The molecule has 3 heteroatoms. The van der Waals surface area contributed by atoms with Crippen molar-refractivity contribution in [2.24, 2.45) is 0 Å². The molecule has 0 aromatic heterocycles. The largest absolute Gasteiger partial charge is 0.289 e. The smallest absolute Gasteiger partial charge is 0.186 e. The van der Waals surface area contributed by atoms with Gasteiger partial charge in [-0.2, -0.15) is 0 Å². The lowest BCUT2D eigenvalue weighted by Gasteiger charge is -2.03. The van der Waals surface area contributed by atoms with Crippen LogP contribution in [-0.2, 0) is 0 Å². The zero-order valence-electron chi connectivity index (χ0n) is 11.3. The van der Waals surface area contributed by atoms with Crippen LogP contribution in [0.1, 0.15) is 27.0 Å². The Labute approximate surface area is 128 Å². The highest BCUT2D eigenvalue weighted by Crippen LogP contribution is 2.23. The van der Waals surface area contributed by atoms with Gasteiger partial charge in [0.05, 0.1) is 10.0 Å². The van der Waals surface area contributed by atoms with E-state index in [9.17, 15) is 4.79 Å². The van der Waals surface area contributed by atoms with Gasteiger partial charge < -0.3 is 0 Å². The van der Waals surface area contributed by atoms with Gasteiger partial charge in [0.1, 0.15) is 0 Å². The van der Waals surface area contributed by atoms with Crippen molar-refractivity contribution in [3.63, 3.8) is 0 Å². The van der Waals surface area contributed by atoms with E-state index in [-0.39, 0.29) is 5.78 Å². The zero-order chi connectivity index (χ0) is 14.7. The summed E-state index contributed by atoms with van der Waals surface area (Å²) < 4.78 is 0. The third-order valence-electron chi connectivity index (χ3n) is 3.02. The predicted molar refractivity (Wildman–Crippen MR) is 85.7 cm³/mol. The fraction of sp³-hybridized carbons (Fsp3) is 0.118. The molecule has 0 radical (unpaired) electrons. The topological polar surface area (TPSA) is 17.1 Å². The number of benzene rings is 2. The average molecular weight is 305 g/mol. The van der Waals surface area contributed by atoms with E-state index in [1.807, 2.05) is 38.1 Å². The molecule has 2 aromatic carbocycles. The molecule has 2 rings (SSSR count). The van der Waals surface area contributed by atoms with Crippen molar-refractivity contribution in [3.8, 4) is 0 Å². The van der Waals surface area contributed by atoms with E-state index >= 15 is 0 Å². The minimum atomic E-state index is -0.0198. The Morgan fingerprint density at radius 2 is 1.75 bits per heavy atom. The summed E-state index contributed by atoms with van der Waals surface area (Å²) in [5.74, 6) is -0.0198. The molecule has 0 aliphatic rings. The van der Waals surface area contributed by atoms with Crippen LogP contribution in [0.5, 0.6) is 0 Å². The number of carbonyl (C=O) groups is 1. The summed E-state index contributed by atoms with van der Waals surface area (Å²) in [6.07, 6.45) is 3.29. The first kappa shape index (κ1) is 14.8. The Bertz CT molecular complexity index is 687. The molecule has 0 saturated heterocycles. The second kappa shape index (κ2) is 6.25. The summed E-state index contributed by atoms with van der Waals surface area (Å²) in [6.45, 7) is 3.94. The first-order chi connectivity index (χ1) is 9.47. The number of carbonyl (C=O) groups excluding carboxylic acids is 1. The van der Waals surface area contributed by atoms with Crippen LogP contribution in [0, 0.1) is 13.8 Å². The minimum absolute atomic E-state index is 0.0198. The van der Waals surface area contributed by atoms with Gasteiger partial charge in [-0.3, -0.25) is 4.79 Å². The highest BCUT2D eigenvalue weighted by atomic mass is 35.5. The van der Waals surface area contributed by atoms with Gasteiger partial charge in [-0.1, -0.05) is 59.1 Å². The number of hydrogen-bond acceptors (Lipinski definition) is 1. The van der Waals surface area contributed by atoms with Crippen molar-refractivity contribution in [1.29, 1.82) is 0 Å². The molecule has 0 aliphatic carbocycles. The maximum absolute atomic E-state index is 12.2. The lowest BCUT2D eigenvalue weighted by Crippen LogP contribution is -1.97. The SMILES string of the molecule is Cc1ccc(C(=O)/C=C\c2ccc(Cl)c(Cl)c2)c(C)c1. The molecule has 0 amide bonds. The van der Waals surface area contributed by atoms with Gasteiger partial charge in [-0.25, -0.2) is 0 Å². The minimum Gasteiger partial charge on any atom is -0.289 e. The maximum Gasteiger partial charge on any atom is 0.186 e. The van der Waals surface area contributed by atoms with Gasteiger partial charge in [0, 0.05) is 5.56 Å². The van der Waals surface area contributed by atoms with Crippen LogP contribution in [0.4, 0.5) is 0 Å². The summed E-state index contributed by atoms with van der Waals surface area (Å²) in [5.41, 5.74) is 3.69. The molecule has 0 aliphatic heterocycles. The Morgan fingerprint density at radius 3 is 2.40 bits per heavy atom. The van der Waals surface area contributed by atoms with Gasteiger partial charge in [-0.15, -0.1) is 0 Å². The first-order valence-corrected chi connectivity index (χ1v) is 6.97. The third kappa shape index (κ3) is 3.50. The van der Waals surface area contributed by atoms with E-state index in [2.05, 4.69) is 0 Å². The van der Waals surface area contributed by atoms with Crippen LogP contribution in [-0.4, -0.2) is 5.78 Å². The van der Waals surface area contributed by atoms with E-state index in [4.69, 9.17) is 23.2 Å². The van der Waals surface area contributed by atoms with Crippen LogP contribution < -0.4 is 0 Å². The average Bonchev–Trinajstić information content (AvgIpc) is 2.40. The number of halogens is 2. The molecule has 0 fully saturated rings. The third-order valence-corrected chi connectivity index (χ3v) is 3.76. The molecule has 2 aromatic rings. The first-order valence-electron chi connectivity index (χ1n) is 6.22. The predicted octanol–water partition coefficient (Wildman–Crippen LogP) is 5.51. The fourth-order valence-electron chi connectivity index (χ4n) is 1.97. The molecule has 0 heterocycles. The van der Waals surface area contributed by atoms with E-state index in [0.717, 1.165) is 16.7 Å². The lowest BCUT2D eigenvalue weighted by atomic mass is 10.0. The van der Waals surface area contributed by atoms with Crippen LogP contribution >= 0.6 is 23.2 Å². The number of rotatable bonds is 3. The molecule has 1 nitrogen and oxygen atoms in total. The molecule has 0 saturated carbocycles. The number of allylic oxidation sites excluding steroid dienone is 1. The molecule has 102 valence electrons. The molecule has 0 atom stereocenters. The van der Waals surface area contributed by atoms with E-state index < -0.39 is 0 Å². The normalized spacial score (nSPS) is 11.0. The van der Waals surface area contributed by atoms with Gasteiger partial charge in [-0.05, 0) is 43.2 Å². The van der Waals surface area contributed by atoms with E-state index in [1.165, 1.54) is 0 Å². The van der Waals surface area contributed by atoms with Crippen LogP contribution in [0.2, 0.25) is 10.0 Å². The van der Waals surface area contributed by atoms with Crippen molar-refractivity contribution in [3.05, 3.63) is 74.8 Å². The molecular weight excluding hydrogens is 291 g/mol. The Balaban J connectivity index is 2.22. The summed E-state index contributed by atoms with van der Waals surface area (Å²) in [6, 6.07) is 11.1. The molecule has 0 N–H and O–H groups in total. The summed E-state index contributed by atoms with van der Waals surface area (Å²) in [4.78, 5) is 12.2. The molecule has 0 spiro atoms. The second-order valence-corrected chi connectivity index (χ2v) is 5.50. The van der Waals surface area contributed by atoms with Crippen LogP contribution in [0.3, 0.4) is 0 Å². The Morgan fingerprint density at radius 1 is 1.00 bits per heavy atom. The van der Waals surface area contributed by atoms with Crippen molar-refractivity contribution in [1.82, 2.24) is 0 Å². The van der Waals surface area contributed by atoms with Gasteiger partial charge in [0.25, 0.3) is 0 Å². The van der Waals surface area contributed by atoms with Gasteiger partial charge in [0.15, 0.2) is 5.78 Å². The molecule has 0 bridgehead atoms. The molecule has 20 heavy (non-hydrogen) atoms. The van der Waals surface area contributed by atoms with E-state index in [1.54, 1.807) is 24.3 Å². The van der Waals surface area contributed by atoms with Crippen LogP contribution in [0.25, 0.3) is 6.08 Å². The number of aryl methyl sites for hydroxylation is 2. The zero-order valence-corrected chi connectivity index (χ0v) is 12.8. The Kier molecular flexibility index (Phi) is 4.64. The summed E-state index contributed by atoms with van der Waals surface area (Å²) in [7, 11) is 0. The van der Waals surface area contributed by atoms with Crippen LogP contribution in [0.15, 0.2) is 42.5 Å². The van der Waals surface area contributed by atoms with Crippen molar-refractivity contribution in [2.75, 3.05) is 0 Å². The lowest BCUT2D eigenvalue weighted by molar-refractivity contribution is 0.104. The van der Waals surface area contributed by atoms with Gasteiger partial charge in [0.2, 0.25) is 0 Å². The standard InChI is InChI=1S/C17H14Cl2O/c1-11-3-6-14(12(2)9-11)17(20)8-5-13-4-7-15(18)16(19)10-13/h3-10H,1-2H3/b8-5-.